The number of aliphatic carboxylic acids is 1. The maximum absolute atomic E-state index is 13.1. The van der Waals surface area contributed by atoms with E-state index in [0.29, 0.717) is 18.0 Å². The van der Waals surface area contributed by atoms with Crippen molar-refractivity contribution in [2.75, 3.05) is 20.2 Å². The number of hydrogen-bond donors (Lipinski definition) is 2. The van der Waals surface area contributed by atoms with E-state index in [0.717, 1.165) is 44.5 Å². The van der Waals surface area contributed by atoms with Gasteiger partial charge in [0.2, 0.25) is 11.8 Å². The first kappa shape index (κ1) is 22.0. The third kappa shape index (κ3) is 5.00. The first-order valence-electron chi connectivity index (χ1n) is 11.3. The highest BCUT2D eigenvalue weighted by molar-refractivity contribution is 6.02. The monoisotopic (exact) mass is 438 g/mol. The molecule has 1 amide bonds. The molecule has 0 bridgehead atoms. The largest absolute Gasteiger partial charge is 0.481 e. The van der Waals surface area contributed by atoms with Crippen molar-refractivity contribution >= 4 is 17.7 Å². The Morgan fingerprint density at radius 1 is 1.38 bits per heavy atom. The summed E-state index contributed by atoms with van der Waals surface area (Å²) in [4.78, 5) is 35.3. The number of amidine groups is 1. The van der Waals surface area contributed by atoms with Gasteiger partial charge in [0.15, 0.2) is 0 Å². The highest BCUT2D eigenvalue weighted by Gasteiger charge is 2.37. The number of rotatable bonds is 9. The number of pyridine rings is 1. The number of carboxylic acids is 1. The van der Waals surface area contributed by atoms with Gasteiger partial charge in [-0.05, 0) is 31.2 Å². The maximum atomic E-state index is 13.1. The second-order valence-electron chi connectivity index (χ2n) is 8.47. The summed E-state index contributed by atoms with van der Waals surface area (Å²) in [5.74, 6) is 0.476. The minimum atomic E-state index is -0.935. The van der Waals surface area contributed by atoms with E-state index >= 15 is 0 Å². The topological polar surface area (TPSA) is 104 Å². The van der Waals surface area contributed by atoms with Crippen LogP contribution in [-0.2, 0) is 9.59 Å². The van der Waals surface area contributed by atoms with Crippen LogP contribution in [0.25, 0.3) is 0 Å². The Labute approximate surface area is 188 Å². The van der Waals surface area contributed by atoms with Gasteiger partial charge in [-0.1, -0.05) is 30.7 Å². The number of methoxy groups -OCH3 is 1. The van der Waals surface area contributed by atoms with Crippen LogP contribution in [0.3, 0.4) is 0 Å². The number of aliphatic imine (C=N–C) groups is 1. The molecule has 3 aliphatic rings. The standard InChI is InChI=1S/C24H30N4O4/c1-32-21-10-8-18(15-26-21)20(14-22(29)30)28-13-11-17(24(28)31)4-2-6-19-9-7-16-5-3-12-25-23(16)27-19/h5,7-10,15,17,19-20H,2-4,6,11-14H2,1H3,(H,25,27)(H,29,30). The summed E-state index contributed by atoms with van der Waals surface area (Å²) in [5.41, 5.74) is 1.89. The Hall–Kier alpha value is -3.16. The van der Waals surface area contributed by atoms with Crippen molar-refractivity contribution < 1.29 is 19.4 Å². The fourth-order valence-electron chi connectivity index (χ4n) is 4.67. The molecule has 0 aromatic carbocycles. The van der Waals surface area contributed by atoms with Crippen molar-refractivity contribution in [3.05, 3.63) is 47.7 Å². The van der Waals surface area contributed by atoms with E-state index < -0.39 is 12.0 Å². The summed E-state index contributed by atoms with van der Waals surface area (Å²) in [6.07, 6.45) is 12.3. The molecule has 8 heteroatoms. The van der Waals surface area contributed by atoms with Crippen LogP contribution in [0, 0.1) is 5.92 Å². The molecule has 8 nitrogen and oxygen atoms in total. The zero-order valence-corrected chi connectivity index (χ0v) is 18.4. The Balaban J connectivity index is 1.34. The van der Waals surface area contributed by atoms with Crippen LogP contribution in [0.1, 0.15) is 50.1 Å². The molecule has 3 unspecified atom stereocenters. The number of fused-ring (bicyclic) bond motifs is 1. The van der Waals surface area contributed by atoms with Crippen molar-refractivity contribution in [3.63, 3.8) is 0 Å². The van der Waals surface area contributed by atoms with E-state index in [1.54, 1.807) is 23.2 Å². The molecule has 3 aliphatic heterocycles. The van der Waals surface area contributed by atoms with Gasteiger partial charge in [-0.2, -0.15) is 0 Å². The number of ether oxygens (including phenoxy) is 1. The maximum Gasteiger partial charge on any atom is 0.305 e. The fraction of sp³-hybridized carbons (Fsp3) is 0.500. The molecule has 1 aromatic heterocycles. The number of likely N-dealkylation sites (tertiary alicyclic amines) is 1. The van der Waals surface area contributed by atoms with Crippen molar-refractivity contribution in [1.82, 2.24) is 15.2 Å². The fourth-order valence-corrected chi connectivity index (χ4v) is 4.67. The van der Waals surface area contributed by atoms with Crippen LogP contribution in [0.2, 0.25) is 0 Å². The Morgan fingerprint density at radius 2 is 2.25 bits per heavy atom. The molecule has 170 valence electrons. The first-order valence-corrected chi connectivity index (χ1v) is 11.3. The highest BCUT2D eigenvalue weighted by Crippen LogP contribution is 2.34. The van der Waals surface area contributed by atoms with Crippen LogP contribution in [0.5, 0.6) is 5.88 Å². The third-order valence-electron chi connectivity index (χ3n) is 6.37. The van der Waals surface area contributed by atoms with E-state index in [4.69, 9.17) is 9.73 Å². The Morgan fingerprint density at radius 3 is 3.00 bits per heavy atom. The number of nitrogens with one attached hydrogen (secondary N) is 1. The molecular formula is C24H30N4O4. The number of hydrogen-bond acceptors (Lipinski definition) is 6. The van der Waals surface area contributed by atoms with Gasteiger partial charge in [0, 0.05) is 36.8 Å². The van der Waals surface area contributed by atoms with Gasteiger partial charge in [-0.3, -0.25) is 14.6 Å². The molecule has 0 saturated carbocycles. The molecule has 1 fully saturated rings. The van der Waals surface area contributed by atoms with Crippen molar-refractivity contribution in [2.45, 2.75) is 50.6 Å². The average molecular weight is 439 g/mol. The molecule has 4 heterocycles. The van der Waals surface area contributed by atoms with Crippen LogP contribution < -0.4 is 10.1 Å². The van der Waals surface area contributed by atoms with Gasteiger partial charge in [0.05, 0.1) is 25.6 Å². The van der Waals surface area contributed by atoms with E-state index in [-0.39, 0.29) is 24.3 Å². The predicted octanol–water partition coefficient (Wildman–Crippen LogP) is 2.88. The minimum absolute atomic E-state index is 0.0386. The lowest BCUT2D eigenvalue weighted by Crippen LogP contribution is -2.33. The molecule has 0 aliphatic carbocycles. The molecule has 2 N–H and O–H groups in total. The van der Waals surface area contributed by atoms with E-state index in [1.165, 1.54) is 12.7 Å². The summed E-state index contributed by atoms with van der Waals surface area (Å²) >= 11 is 0. The first-order chi connectivity index (χ1) is 15.5. The SMILES string of the molecule is COc1ccc(C(CC(=O)O)N2CCC(CCCC3C=CC4=CCCNC4=N3)C2=O)cn1. The van der Waals surface area contributed by atoms with E-state index in [2.05, 4.69) is 28.5 Å². The molecule has 0 spiro atoms. The van der Waals surface area contributed by atoms with Crippen LogP contribution in [0.15, 0.2) is 47.1 Å². The zero-order valence-electron chi connectivity index (χ0n) is 18.4. The number of carboxylic acid groups (broad SMARTS) is 1. The van der Waals surface area contributed by atoms with Crippen LogP contribution >= 0.6 is 0 Å². The lowest BCUT2D eigenvalue weighted by atomic mass is 9.96. The van der Waals surface area contributed by atoms with Gasteiger partial charge in [0.25, 0.3) is 0 Å². The Kier molecular flexibility index (Phi) is 6.87. The molecule has 1 saturated heterocycles. The van der Waals surface area contributed by atoms with Gasteiger partial charge in [-0.15, -0.1) is 0 Å². The summed E-state index contributed by atoms with van der Waals surface area (Å²) in [5, 5.41) is 12.8. The van der Waals surface area contributed by atoms with Gasteiger partial charge < -0.3 is 20.1 Å². The molecule has 32 heavy (non-hydrogen) atoms. The van der Waals surface area contributed by atoms with E-state index in [1.807, 2.05) is 0 Å². The third-order valence-corrected chi connectivity index (χ3v) is 6.37. The summed E-state index contributed by atoms with van der Waals surface area (Å²) < 4.78 is 5.09. The zero-order chi connectivity index (χ0) is 22.5. The lowest BCUT2D eigenvalue weighted by Gasteiger charge is -2.27. The molecular weight excluding hydrogens is 408 g/mol. The lowest BCUT2D eigenvalue weighted by molar-refractivity contribution is -0.140. The highest BCUT2D eigenvalue weighted by atomic mass is 16.5. The van der Waals surface area contributed by atoms with Gasteiger partial charge >= 0.3 is 5.97 Å². The second-order valence-corrected chi connectivity index (χ2v) is 8.47. The molecule has 3 atom stereocenters. The van der Waals surface area contributed by atoms with Gasteiger partial charge in [0.1, 0.15) is 5.84 Å². The average Bonchev–Trinajstić information content (AvgIpc) is 3.17. The number of aromatic nitrogens is 1. The summed E-state index contributed by atoms with van der Waals surface area (Å²) in [7, 11) is 1.53. The number of dihydropyridines is 1. The summed E-state index contributed by atoms with van der Waals surface area (Å²) in [6.45, 7) is 1.49. The molecule has 1 aromatic rings. The van der Waals surface area contributed by atoms with Crippen molar-refractivity contribution in [3.8, 4) is 5.88 Å². The number of amides is 1. The second kappa shape index (κ2) is 9.97. The number of nitrogens with zero attached hydrogens (tertiary/aromatic N) is 3. The molecule has 4 rings (SSSR count). The van der Waals surface area contributed by atoms with Crippen LogP contribution in [0.4, 0.5) is 0 Å². The number of carbonyl (C=O) groups excluding carboxylic acids is 1. The van der Waals surface area contributed by atoms with Gasteiger partial charge in [-0.25, -0.2) is 4.98 Å². The molecule has 0 radical (unpaired) electrons. The smallest absolute Gasteiger partial charge is 0.305 e. The van der Waals surface area contributed by atoms with Crippen molar-refractivity contribution in [2.24, 2.45) is 10.9 Å². The van der Waals surface area contributed by atoms with Crippen LogP contribution in [-0.4, -0.2) is 58.9 Å². The normalized spacial score (nSPS) is 23.2. The minimum Gasteiger partial charge on any atom is -0.481 e. The summed E-state index contributed by atoms with van der Waals surface area (Å²) in [6, 6.07) is 3.11. The quantitative estimate of drug-likeness (QED) is 0.614. The Bertz CT molecular complexity index is 938. The van der Waals surface area contributed by atoms with E-state index in [9.17, 15) is 14.7 Å². The predicted molar refractivity (Wildman–Crippen MR) is 121 cm³/mol. The van der Waals surface area contributed by atoms with Crippen molar-refractivity contribution in [1.29, 1.82) is 0 Å². The number of carbonyl (C=O) groups is 2.